The lowest BCUT2D eigenvalue weighted by molar-refractivity contribution is 0.0671. The van der Waals surface area contributed by atoms with Gasteiger partial charge >= 0.3 is 0 Å². The number of carbonyl (C=O) groups excluding carboxylic acids is 2. The molecule has 0 N–H and O–H groups in total. The van der Waals surface area contributed by atoms with E-state index in [1.54, 1.807) is 24.7 Å². The maximum atomic E-state index is 13.8. The van der Waals surface area contributed by atoms with Gasteiger partial charge in [-0.25, -0.2) is 4.98 Å². The lowest BCUT2D eigenvalue weighted by atomic mass is 9.74. The van der Waals surface area contributed by atoms with Crippen molar-refractivity contribution in [2.45, 2.75) is 18.3 Å². The Morgan fingerprint density at radius 1 is 0.917 bits per heavy atom. The van der Waals surface area contributed by atoms with Crippen LogP contribution in [0.1, 0.15) is 39.1 Å². The number of nitrogens with zero attached hydrogens (tertiary/aromatic N) is 4. The highest BCUT2D eigenvalue weighted by Crippen LogP contribution is 2.47. The first-order valence-electron chi connectivity index (χ1n) is 11.6. The third-order valence-corrected chi connectivity index (χ3v) is 8.59. The molecule has 1 fully saturated rings. The molecular formula is C27H21Cl3N4O2. The number of benzene rings is 2. The van der Waals surface area contributed by atoms with Crippen LogP contribution in [-0.4, -0.2) is 45.7 Å². The van der Waals surface area contributed by atoms with Crippen LogP contribution >= 0.6 is 34.8 Å². The molecule has 182 valence electrons. The van der Waals surface area contributed by atoms with Crippen LogP contribution in [0.2, 0.25) is 15.1 Å². The fraction of sp³-hybridized carbons (Fsp3) is 0.222. The van der Waals surface area contributed by atoms with Crippen molar-refractivity contribution in [1.29, 1.82) is 0 Å². The van der Waals surface area contributed by atoms with Gasteiger partial charge in [0, 0.05) is 42.5 Å². The highest BCUT2D eigenvalue weighted by Gasteiger charge is 2.47. The number of para-hydroxylation sites is 1. The minimum atomic E-state index is -0.219. The van der Waals surface area contributed by atoms with Gasteiger partial charge in [0.1, 0.15) is 0 Å². The second-order valence-electron chi connectivity index (χ2n) is 9.34. The maximum Gasteiger partial charge on any atom is 0.260 e. The minimum Gasteiger partial charge on any atom is -0.339 e. The summed E-state index contributed by atoms with van der Waals surface area (Å²) < 4.78 is 1.85. The molecule has 2 aromatic carbocycles. The van der Waals surface area contributed by atoms with Crippen molar-refractivity contribution < 1.29 is 9.59 Å². The molecule has 1 saturated heterocycles. The van der Waals surface area contributed by atoms with Gasteiger partial charge in [-0.3, -0.25) is 9.59 Å². The van der Waals surface area contributed by atoms with Gasteiger partial charge in [-0.15, -0.1) is 0 Å². The Morgan fingerprint density at radius 2 is 1.64 bits per heavy atom. The molecule has 0 bridgehead atoms. The van der Waals surface area contributed by atoms with Crippen LogP contribution < -0.4 is 4.90 Å². The largest absolute Gasteiger partial charge is 0.339 e. The van der Waals surface area contributed by atoms with E-state index in [4.69, 9.17) is 34.8 Å². The number of likely N-dealkylation sites (tertiary alicyclic amines) is 1. The van der Waals surface area contributed by atoms with Crippen LogP contribution in [0, 0.1) is 0 Å². The molecule has 0 saturated carbocycles. The lowest BCUT2D eigenvalue weighted by Gasteiger charge is -2.40. The number of hydrogen-bond donors (Lipinski definition) is 0. The second-order valence-corrected chi connectivity index (χ2v) is 10.5. The SMILES string of the molecule is O=C(c1cc(Cl)c(Cl)c(Cl)c1)N1CCC2(CC1)CN(C(=O)c1cccn3cncc13)c1ccccc12. The molecule has 0 unspecified atom stereocenters. The monoisotopic (exact) mass is 538 g/mol. The first-order valence-corrected chi connectivity index (χ1v) is 12.8. The quantitative estimate of drug-likeness (QED) is 0.288. The zero-order valence-corrected chi connectivity index (χ0v) is 21.4. The number of pyridine rings is 1. The molecule has 36 heavy (non-hydrogen) atoms. The maximum absolute atomic E-state index is 13.8. The molecule has 4 aromatic rings. The smallest absolute Gasteiger partial charge is 0.260 e. The van der Waals surface area contributed by atoms with Crippen molar-refractivity contribution in [2.24, 2.45) is 0 Å². The number of hydrogen-bond acceptors (Lipinski definition) is 3. The normalized spacial score (nSPS) is 16.5. The molecule has 9 heteroatoms. The van der Waals surface area contributed by atoms with Crippen molar-refractivity contribution >= 4 is 57.8 Å². The number of piperidine rings is 1. The van der Waals surface area contributed by atoms with Gasteiger partial charge in [0.05, 0.1) is 38.7 Å². The van der Waals surface area contributed by atoms with Gasteiger partial charge in [0.15, 0.2) is 0 Å². The van der Waals surface area contributed by atoms with Crippen molar-refractivity contribution in [2.75, 3.05) is 24.5 Å². The zero-order valence-electron chi connectivity index (χ0n) is 19.1. The van der Waals surface area contributed by atoms with E-state index in [1.807, 2.05) is 50.7 Å². The summed E-state index contributed by atoms with van der Waals surface area (Å²) in [5.74, 6) is -0.175. The number of aromatic nitrogens is 2. The van der Waals surface area contributed by atoms with Gasteiger partial charge in [-0.1, -0.05) is 53.0 Å². The Labute approximate surface area is 223 Å². The Balaban J connectivity index is 1.27. The lowest BCUT2D eigenvalue weighted by Crippen LogP contribution is -2.47. The predicted octanol–water partition coefficient (Wildman–Crippen LogP) is 6.13. The Hall–Kier alpha value is -3.06. The molecule has 1 spiro atoms. The molecule has 2 aromatic heterocycles. The van der Waals surface area contributed by atoms with E-state index in [2.05, 4.69) is 11.1 Å². The van der Waals surface area contributed by atoms with Crippen molar-refractivity contribution in [3.05, 3.63) is 99.0 Å². The predicted molar refractivity (Wildman–Crippen MR) is 142 cm³/mol. The molecule has 0 atom stereocenters. The zero-order chi connectivity index (χ0) is 25.0. The number of fused-ring (bicyclic) bond motifs is 3. The Morgan fingerprint density at radius 3 is 2.39 bits per heavy atom. The van der Waals surface area contributed by atoms with Gasteiger partial charge < -0.3 is 14.2 Å². The molecule has 2 amide bonds. The van der Waals surface area contributed by atoms with Crippen LogP contribution in [0.15, 0.2) is 67.3 Å². The first-order chi connectivity index (χ1) is 17.4. The van der Waals surface area contributed by atoms with Crippen LogP contribution in [0.5, 0.6) is 0 Å². The van der Waals surface area contributed by atoms with E-state index >= 15 is 0 Å². The van der Waals surface area contributed by atoms with E-state index in [1.165, 1.54) is 0 Å². The fourth-order valence-electron chi connectivity index (χ4n) is 5.51. The summed E-state index contributed by atoms with van der Waals surface area (Å²) in [6.45, 7) is 1.69. The van der Waals surface area contributed by atoms with Crippen LogP contribution in [-0.2, 0) is 5.41 Å². The van der Waals surface area contributed by atoms with Crippen molar-refractivity contribution in [1.82, 2.24) is 14.3 Å². The number of rotatable bonds is 2. The number of carbonyl (C=O) groups is 2. The van der Waals surface area contributed by atoms with E-state index in [0.29, 0.717) is 30.8 Å². The van der Waals surface area contributed by atoms with E-state index in [0.717, 1.165) is 29.6 Å². The summed E-state index contributed by atoms with van der Waals surface area (Å²) in [7, 11) is 0. The Kier molecular flexibility index (Phi) is 5.71. The third kappa shape index (κ3) is 3.67. The van der Waals surface area contributed by atoms with Crippen LogP contribution in [0.4, 0.5) is 5.69 Å². The second kappa shape index (κ2) is 8.80. The molecule has 4 heterocycles. The summed E-state index contributed by atoms with van der Waals surface area (Å²) >= 11 is 18.4. The molecule has 2 aliphatic heterocycles. The summed E-state index contributed by atoms with van der Waals surface area (Å²) in [6.07, 6.45) is 6.77. The van der Waals surface area contributed by atoms with Gasteiger partial charge in [0.2, 0.25) is 0 Å². The third-order valence-electron chi connectivity index (χ3n) is 7.39. The first kappa shape index (κ1) is 23.3. The standard InChI is InChI=1S/C27H21Cl3N4O2/c28-20-12-17(13-21(29)24(20)30)25(35)32-10-7-27(8-11-32)15-34(22-6-2-1-5-19(22)27)26(36)18-4-3-9-33-16-31-14-23(18)33/h1-6,9,12-14,16H,7-8,10-11,15H2. The van der Waals surface area contributed by atoms with Crippen molar-refractivity contribution in [3.8, 4) is 0 Å². The summed E-state index contributed by atoms with van der Waals surface area (Å²) in [4.78, 5) is 34.9. The van der Waals surface area contributed by atoms with Gasteiger partial charge in [-0.05, 0) is 48.7 Å². The summed E-state index contributed by atoms with van der Waals surface area (Å²) in [5.41, 5.74) is 3.68. The summed E-state index contributed by atoms with van der Waals surface area (Å²) in [6, 6.07) is 14.9. The number of halogens is 3. The molecule has 0 radical (unpaired) electrons. The van der Waals surface area contributed by atoms with Crippen LogP contribution in [0.25, 0.3) is 5.52 Å². The average molecular weight is 540 g/mol. The highest BCUT2D eigenvalue weighted by molar-refractivity contribution is 6.48. The molecular weight excluding hydrogens is 519 g/mol. The number of amides is 2. The molecule has 6 rings (SSSR count). The minimum absolute atomic E-state index is 0.0469. The highest BCUT2D eigenvalue weighted by atomic mass is 35.5. The van der Waals surface area contributed by atoms with Gasteiger partial charge in [0.25, 0.3) is 11.8 Å². The van der Waals surface area contributed by atoms with Gasteiger partial charge in [-0.2, -0.15) is 0 Å². The fourth-order valence-corrected chi connectivity index (χ4v) is 6.11. The van der Waals surface area contributed by atoms with E-state index in [-0.39, 0.29) is 32.3 Å². The molecule has 6 nitrogen and oxygen atoms in total. The Bertz CT molecular complexity index is 1500. The molecule has 0 aliphatic carbocycles. The number of imidazole rings is 1. The summed E-state index contributed by atoms with van der Waals surface area (Å²) in [5, 5.41) is 0.757. The number of anilines is 1. The topological polar surface area (TPSA) is 57.9 Å². The van der Waals surface area contributed by atoms with E-state index < -0.39 is 0 Å². The van der Waals surface area contributed by atoms with E-state index in [9.17, 15) is 9.59 Å². The van der Waals surface area contributed by atoms with Crippen LogP contribution in [0.3, 0.4) is 0 Å². The molecule has 2 aliphatic rings. The average Bonchev–Trinajstić information content (AvgIpc) is 3.50. The van der Waals surface area contributed by atoms with Crippen molar-refractivity contribution in [3.63, 3.8) is 0 Å².